The Hall–Kier alpha value is -0.740. The summed E-state index contributed by atoms with van der Waals surface area (Å²) in [4.78, 5) is 12.5. The van der Waals surface area contributed by atoms with Gasteiger partial charge in [0.1, 0.15) is 0 Å². The summed E-state index contributed by atoms with van der Waals surface area (Å²) >= 11 is 0. The highest BCUT2D eigenvalue weighted by atomic mass is 32.2. The summed E-state index contributed by atoms with van der Waals surface area (Å²) in [7, 11) is -0.202. The molecule has 0 heterocycles. The molecule has 0 saturated carbocycles. The first-order valence-electron chi connectivity index (χ1n) is 11.3. The molecular formula is C22H46NO7S+. The number of aliphatic hydroxyl groups is 2. The second kappa shape index (κ2) is 11.4. The summed E-state index contributed by atoms with van der Waals surface area (Å²) in [6.45, 7) is 8.05. The maximum absolute atomic E-state index is 13.1. The van der Waals surface area contributed by atoms with Crippen LogP contribution in [0.25, 0.3) is 0 Å². The fourth-order valence-corrected chi connectivity index (χ4v) is 7.53. The molecule has 0 saturated heterocycles. The number of carboxylic acid groups (broad SMARTS) is 1. The van der Waals surface area contributed by atoms with E-state index in [9.17, 15) is 33.1 Å². The van der Waals surface area contributed by atoms with Crippen LogP contribution in [0.3, 0.4) is 0 Å². The van der Waals surface area contributed by atoms with Gasteiger partial charge in [-0.3, -0.25) is 4.55 Å². The van der Waals surface area contributed by atoms with E-state index in [2.05, 4.69) is 6.92 Å². The van der Waals surface area contributed by atoms with E-state index in [1.807, 2.05) is 0 Å². The Kier molecular flexibility index (Phi) is 11.1. The lowest BCUT2D eigenvalue weighted by Gasteiger charge is -2.54. The molecule has 0 radical (unpaired) electrons. The SMILES string of the molecule is CCCCCCCCC(C(C(=O)O)[N+](C)(C)C)(C(C)(C)C(C(C)O)C(C)O)S(=O)(=O)O. The van der Waals surface area contributed by atoms with E-state index in [0.717, 1.165) is 25.7 Å². The van der Waals surface area contributed by atoms with Gasteiger partial charge in [0.25, 0.3) is 10.1 Å². The van der Waals surface area contributed by atoms with Crippen molar-refractivity contribution < 1.29 is 37.6 Å². The van der Waals surface area contributed by atoms with Gasteiger partial charge in [0.05, 0.1) is 33.4 Å². The van der Waals surface area contributed by atoms with E-state index in [0.29, 0.717) is 12.8 Å². The predicted molar refractivity (Wildman–Crippen MR) is 122 cm³/mol. The quantitative estimate of drug-likeness (QED) is 0.165. The Labute approximate surface area is 189 Å². The van der Waals surface area contributed by atoms with E-state index in [-0.39, 0.29) is 10.9 Å². The lowest BCUT2D eigenvalue weighted by molar-refractivity contribution is -0.890. The third-order valence-corrected chi connectivity index (χ3v) is 8.65. The molecule has 0 aliphatic heterocycles. The van der Waals surface area contributed by atoms with Gasteiger partial charge < -0.3 is 19.8 Å². The molecule has 0 amide bonds. The van der Waals surface area contributed by atoms with Crippen LogP contribution >= 0.6 is 0 Å². The van der Waals surface area contributed by atoms with Gasteiger partial charge in [-0.15, -0.1) is 0 Å². The molecule has 0 rings (SSSR count). The Balaban J connectivity index is 6.81. The predicted octanol–water partition coefficient (Wildman–Crippen LogP) is 2.93. The van der Waals surface area contributed by atoms with Crippen LogP contribution in [0.4, 0.5) is 0 Å². The first kappa shape index (κ1) is 30.3. The molecule has 0 aromatic carbocycles. The van der Waals surface area contributed by atoms with Crippen molar-refractivity contribution in [3.05, 3.63) is 0 Å². The molecule has 0 bridgehead atoms. The maximum atomic E-state index is 13.1. The molecule has 4 N–H and O–H groups in total. The third kappa shape index (κ3) is 6.87. The van der Waals surface area contributed by atoms with Crippen molar-refractivity contribution in [1.29, 1.82) is 0 Å². The summed E-state index contributed by atoms with van der Waals surface area (Å²) in [5.41, 5.74) is -1.47. The highest BCUT2D eigenvalue weighted by molar-refractivity contribution is 7.87. The van der Waals surface area contributed by atoms with Crippen LogP contribution in [-0.4, -0.2) is 82.9 Å². The number of nitrogens with zero attached hydrogens (tertiary/aromatic N) is 1. The van der Waals surface area contributed by atoms with Gasteiger partial charge in [0, 0.05) is 11.3 Å². The molecule has 4 atom stereocenters. The normalized spacial score (nSPS) is 19.3. The van der Waals surface area contributed by atoms with Gasteiger partial charge in [-0.2, -0.15) is 8.42 Å². The van der Waals surface area contributed by atoms with Crippen LogP contribution in [0.2, 0.25) is 0 Å². The van der Waals surface area contributed by atoms with Crippen molar-refractivity contribution in [3.63, 3.8) is 0 Å². The fourth-order valence-electron chi connectivity index (χ4n) is 5.63. The molecular weight excluding hydrogens is 422 g/mol. The zero-order valence-corrected chi connectivity index (χ0v) is 21.4. The van der Waals surface area contributed by atoms with Crippen molar-refractivity contribution in [2.45, 2.75) is 103 Å². The second-order valence-electron chi connectivity index (χ2n) is 10.5. The van der Waals surface area contributed by atoms with Crippen LogP contribution in [0.15, 0.2) is 0 Å². The molecule has 0 aliphatic carbocycles. The molecule has 0 aliphatic rings. The number of aliphatic carboxylic acids is 1. The molecule has 9 heteroatoms. The number of unbranched alkanes of at least 4 members (excludes halogenated alkanes) is 5. The van der Waals surface area contributed by atoms with Gasteiger partial charge in [-0.05, 0) is 20.3 Å². The Morgan fingerprint density at radius 2 is 1.35 bits per heavy atom. The first-order chi connectivity index (χ1) is 13.9. The van der Waals surface area contributed by atoms with Crippen molar-refractivity contribution in [3.8, 4) is 0 Å². The number of quaternary nitrogens is 1. The number of rotatable bonds is 15. The largest absolute Gasteiger partial charge is 0.477 e. The number of hydrogen-bond donors (Lipinski definition) is 4. The van der Waals surface area contributed by atoms with Crippen LogP contribution in [-0.2, 0) is 14.9 Å². The maximum Gasteiger partial charge on any atom is 0.364 e. The highest BCUT2D eigenvalue weighted by Gasteiger charge is 2.69. The Bertz CT molecular complexity index is 660. The number of likely N-dealkylation sites (N-methyl/N-ethyl adjacent to an activating group) is 1. The minimum atomic E-state index is -4.94. The number of hydrogen-bond acceptors (Lipinski definition) is 5. The van der Waals surface area contributed by atoms with Crippen LogP contribution in [0, 0.1) is 11.3 Å². The van der Waals surface area contributed by atoms with Crippen molar-refractivity contribution in [1.82, 2.24) is 0 Å². The molecule has 0 fully saturated rings. The fraction of sp³-hybridized carbons (Fsp3) is 0.955. The number of aliphatic hydroxyl groups excluding tert-OH is 2. The average Bonchev–Trinajstić information content (AvgIpc) is 2.52. The molecule has 8 nitrogen and oxygen atoms in total. The van der Waals surface area contributed by atoms with Crippen LogP contribution in [0.1, 0.15) is 79.6 Å². The molecule has 0 aromatic heterocycles. The Morgan fingerprint density at radius 1 is 0.935 bits per heavy atom. The molecule has 0 spiro atoms. The van der Waals surface area contributed by atoms with Gasteiger partial charge >= 0.3 is 5.97 Å². The minimum Gasteiger partial charge on any atom is -0.477 e. The van der Waals surface area contributed by atoms with Gasteiger partial charge in [-0.25, -0.2) is 4.79 Å². The number of carbonyl (C=O) groups is 1. The first-order valence-corrected chi connectivity index (χ1v) is 12.7. The third-order valence-electron chi connectivity index (χ3n) is 6.78. The summed E-state index contributed by atoms with van der Waals surface area (Å²) in [5, 5.41) is 31.1. The lowest BCUT2D eigenvalue weighted by atomic mass is 9.60. The smallest absolute Gasteiger partial charge is 0.364 e. The summed E-state index contributed by atoms with van der Waals surface area (Å²) in [6, 6.07) is -1.52. The molecule has 186 valence electrons. The molecule has 0 aromatic rings. The van der Waals surface area contributed by atoms with E-state index < -0.39 is 50.4 Å². The van der Waals surface area contributed by atoms with Gasteiger partial charge in [0.2, 0.25) is 6.04 Å². The van der Waals surface area contributed by atoms with E-state index in [4.69, 9.17) is 0 Å². The highest BCUT2D eigenvalue weighted by Crippen LogP contribution is 2.52. The van der Waals surface area contributed by atoms with Crippen LogP contribution < -0.4 is 0 Å². The topological polar surface area (TPSA) is 132 Å². The standard InChI is InChI=1S/C22H45NO7S/c1-9-10-11-12-13-14-15-22(31(28,29)30,19(20(26)27)23(6,7)8)21(4,5)18(16(2)24)17(3)25/h16-19,24-25H,9-15H2,1-8H3,(H-,26,27,28,29,30)/p+1. The van der Waals surface area contributed by atoms with E-state index in [1.54, 1.807) is 21.1 Å². The van der Waals surface area contributed by atoms with Crippen molar-refractivity contribution in [2.24, 2.45) is 11.3 Å². The zero-order valence-electron chi connectivity index (χ0n) is 20.6. The van der Waals surface area contributed by atoms with E-state index in [1.165, 1.54) is 27.7 Å². The van der Waals surface area contributed by atoms with Gasteiger partial charge in [-0.1, -0.05) is 59.3 Å². The molecule has 4 unspecified atom stereocenters. The van der Waals surface area contributed by atoms with Crippen molar-refractivity contribution >= 4 is 16.1 Å². The van der Waals surface area contributed by atoms with Gasteiger partial charge in [0.15, 0.2) is 4.75 Å². The second-order valence-corrected chi connectivity index (χ2v) is 12.1. The van der Waals surface area contributed by atoms with E-state index >= 15 is 0 Å². The summed E-state index contributed by atoms with van der Waals surface area (Å²) in [5.74, 6) is -2.33. The number of carboxylic acids is 1. The zero-order chi connectivity index (χ0) is 24.8. The Morgan fingerprint density at radius 3 is 1.68 bits per heavy atom. The molecule has 31 heavy (non-hydrogen) atoms. The summed E-state index contributed by atoms with van der Waals surface area (Å²) < 4.78 is 34.5. The van der Waals surface area contributed by atoms with Crippen molar-refractivity contribution in [2.75, 3.05) is 21.1 Å². The lowest BCUT2D eigenvalue weighted by Crippen LogP contribution is -2.72. The minimum absolute atomic E-state index is 0.0899. The summed E-state index contributed by atoms with van der Waals surface area (Å²) in [6.07, 6.45) is 2.79. The monoisotopic (exact) mass is 468 g/mol. The average molecular weight is 469 g/mol. The van der Waals surface area contributed by atoms with Crippen LogP contribution in [0.5, 0.6) is 0 Å².